The number of likely N-dealkylation sites (tertiary alicyclic amines) is 1. The van der Waals surface area contributed by atoms with Gasteiger partial charge < -0.3 is 20.3 Å². The van der Waals surface area contributed by atoms with Gasteiger partial charge in [-0.1, -0.05) is 17.7 Å². The van der Waals surface area contributed by atoms with E-state index in [1.54, 1.807) is 24.0 Å². The highest BCUT2D eigenvalue weighted by Crippen LogP contribution is 2.15. The van der Waals surface area contributed by atoms with Crippen LogP contribution in [0.25, 0.3) is 0 Å². The van der Waals surface area contributed by atoms with Gasteiger partial charge in [0.1, 0.15) is 0 Å². The van der Waals surface area contributed by atoms with Crippen LogP contribution in [-0.2, 0) is 9.53 Å². The van der Waals surface area contributed by atoms with Crippen LogP contribution < -0.4 is 10.6 Å². The van der Waals surface area contributed by atoms with Crippen molar-refractivity contribution >= 4 is 29.3 Å². The maximum Gasteiger partial charge on any atom is 0.409 e. The Morgan fingerprint density at radius 3 is 2.74 bits per heavy atom. The zero-order valence-corrected chi connectivity index (χ0v) is 13.9. The molecule has 0 spiro atoms. The number of hydrogen-bond acceptors (Lipinski definition) is 4. The van der Waals surface area contributed by atoms with Crippen molar-refractivity contribution in [1.82, 2.24) is 10.2 Å². The molecule has 1 saturated heterocycles. The topological polar surface area (TPSA) is 70.7 Å². The SMILES string of the molecule is CCOC(=O)N1CCC(NC(=O)CNc2cccc(Cl)c2)CC1. The van der Waals surface area contributed by atoms with E-state index in [2.05, 4.69) is 10.6 Å². The standard InChI is InChI=1S/C16H22ClN3O3/c1-2-23-16(22)20-8-6-13(7-9-20)19-15(21)11-18-14-5-3-4-12(17)10-14/h3-5,10,13,18H,2,6-9,11H2,1H3,(H,19,21). The number of nitrogens with zero attached hydrogens (tertiary/aromatic N) is 1. The molecule has 1 aliphatic rings. The van der Waals surface area contributed by atoms with Gasteiger partial charge in [0.05, 0.1) is 13.2 Å². The lowest BCUT2D eigenvalue weighted by molar-refractivity contribution is -0.120. The summed E-state index contributed by atoms with van der Waals surface area (Å²) in [5.74, 6) is -0.0699. The molecule has 1 heterocycles. The van der Waals surface area contributed by atoms with Gasteiger partial charge in [0, 0.05) is 29.8 Å². The van der Waals surface area contributed by atoms with Gasteiger partial charge in [-0.15, -0.1) is 0 Å². The second kappa shape index (κ2) is 8.62. The number of hydrogen-bond donors (Lipinski definition) is 2. The van der Waals surface area contributed by atoms with E-state index >= 15 is 0 Å². The fourth-order valence-corrected chi connectivity index (χ4v) is 2.67. The highest BCUT2D eigenvalue weighted by Gasteiger charge is 2.24. The number of amides is 2. The fourth-order valence-electron chi connectivity index (χ4n) is 2.48. The molecule has 0 saturated carbocycles. The maximum atomic E-state index is 12.0. The van der Waals surface area contributed by atoms with Crippen LogP contribution in [0.1, 0.15) is 19.8 Å². The smallest absolute Gasteiger partial charge is 0.409 e. The molecule has 6 nitrogen and oxygen atoms in total. The van der Waals surface area contributed by atoms with E-state index < -0.39 is 0 Å². The number of anilines is 1. The first-order valence-corrected chi connectivity index (χ1v) is 8.16. The van der Waals surface area contributed by atoms with Gasteiger partial charge in [-0.05, 0) is 38.0 Å². The number of carbonyl (C=O) groups is 2. The summed E-state index contributed by atoms with van der Waals surface area (Å²) in [6.45, 7) is 3.57. The third-order valence-corrected chi connectivity index (χ3v) is 3.90. The third kappa shape index (κ3) is 5.63. The Balaban J connectivity index is 1.69. The average molecular weight is 340 g/mol. The summed E-state index contributed by atoms with van der Waals surface area (Å²) in [4.78, 5) is 25.3. The van der Waals surface area contributed by atoms with Crippen LogP contribution in [0.5, 0.6) is 0 Å². The number of rotatable bonds is 5. The average Bonchev–Trinajstić information content (AvgIpc) is 2.54. The Morgan fingerprint density at radius 1 is 1.35 bits per heavy atom. The summed E-state index contributed by atoms with van der Waals surface area (Å²) >= 11 is 5.89. The number of nitrogens with one attached hydrogen (secondary N) is 2. The van der Waals surface area contributed by atoms with Crippen molar-refractivity contribution in [3.63, 3.8) is 0 Å². The maximum absolute atomic E-state index is 12.0. The van der Waals surface area contributed by atoms with Crippen molar-refractivity contribution in [1.29, 1.82) is 0 Å². The van der Waals surface area contributed by atoms with Crippen LogP contribution in [0.3, 0.4) is 0 Å². The van der Waals surface area contributed by atoms with E-state index in [-0.39, 0.29) is 24.6 Å². The van der Waals surface area contributed by atoms with Crippen LogP contribution >= 0.6 is 11.6 Å². The molecule has 1 fully saturated rings. The molecule has 0 bridgehead atoms. The van der Waals surface area contributed by atoms with Crippen LogP contribution in [0.2, 0.25) is 5.02 Å². The van der Waals surface area contributed by atoms with Gasteiger partial charge in [-0.3, -0.25) is 4.79 Å². The lowest BCUT2D eigenvalue weighted by Gasteiger charge is -2.31. The molecule has 0 unspecified atom stereocenters. The molecule has 2 rings (SSSR count). The molecule has 23 heavy (non-hydrogen) atoms. The van der Waals surface area contributed by atoms with Crippen LogP contribution in [-0.4, -0.2) is 49.2 Å². The molecule has 2 amide bonds. The first kappa shape index (κ1) is 17.4. The Kier molecular flexibility index (Phi) is 6.52. The number of carbonyl (C=O) groups excluding carboxylic acids is 2. The molecule has 7 heteroatoms. The van der Waals surface area contributed by atoms with Crippen LogP contribution in [0, 0.1) is 0 Å². The van der Waals surface area contributed by atoms with Gasteiger partial charge in [0.15, 0.2) is 0 Å². The lowest BCUT2D eigenvalue weighted by atomic mass is 10.1. The summed E-state index contributed by atoms with van der Waals surface area (Å²) in [6, 6.07) is 7.33. The Morgan fingerprint density at radius 2 is 2.09 bits per heavy atom. The molecule has 0 atom stereocenters. The first-order chi connectivity index (χ1) is 11.1. The Hall–Kier alpha value is -1.95. The molecule has 0 aromatic heterocycles. The van der Waals surface area contributed by atoms with Crippen LogP contribution in [0.15, 0.2) is 24.3 Å². The molecule has 2 N–H and O–H groups in total. The third-order valence-electron chi connectivity index (χ3n) is 3.66. The second-order valence-electron chi connectivity index (χ2n) is 5.39. The van der Waals surface area contributed by atoms with E-state index in [0.717, 1.165) is 18.5 Å². The van der Waals surface area contributed by atoms with Crippen molar-refractivity contribution in [3.8, 4) is 0 Å². The van der Waals surface area contributed by atoms with Gasteiger partial charge in [-0.2, -0.15) is 0 Å². The summed E-state index contributed by atoms with van der Waals surface area (Å²) in [5.41, 5.74) is 0.810. The molecular weight excluding hydrogens is 318 g/mol. The lowest BCUT2D eigenvalue weighted by Crippen LogP contribution is -2.47. The minimum atomic E-state index is -0.278. The van der Waals surface area contributed by atoms with Gasteiger partial charge in [0.2, 0.25) is 5.91 Å². The quantitative estimate of drug-likeness (QED) is 0.864. The van der Waals surface area contributed by atoms with E-state index in [4.69, 9.17) is 16.3 Å². The largest absolute Gasteiger partial charge is 0.450 e. The number of piperidine rings is 1. The zero-order valence-electron chi connectivity index (χ0n) is 13.2. The molecule has 126 valence electrons. The highest BCUT2D eigenvalue weighted by atomic mass is 35.5. The van der Waals surface area contributed by atoms with Gasteiger partial charge >= 0.3 is 6.09 Å². The Bertz CT molecular complexity index is 545. The summed E-state index contributed by atoms with van der Waals surface area (Å²) < 4.78 is 4.97. The molecule has 1 aromatic carbocycles. The minimum Gasteiger partial charge on any atom is -0.450 e. The molecular formula is C16H22ClN3O3. The molecule has 0 radical (unpaired) electrons. The van der Waals surface area contributed by atoms with E-state index in [0.29, 0.717) is 24.7 Å². The number of benzene rings is 1. The Labute approximate surface area is 141 Å². The zero-order chi connectivity index (χ0) is 16.7. The molecule has 1 aromatic rings. The number of halogens is 1. The molecule has 1 aliphatic heterocycles. The predicted molar refractivity (Wildman–Crippen MR) is 89.7 cm³/mol. The fraction of sp³-hybridized carbons (Fsp3) is 0.500. The van der Waals surface area contributed by atoms with E-state index in [9.17, 15) is 9.59 Å². The highest BCUT2D eigenvalue weighted by molar-refractivity contribution is 6.30. The predicted octanol–water partition coefficient (Wildman–Crippen LogP) is 2.49. The van der Waals surface area contributed by atoms with Crippen LogP contribution in [0.4, 0.5) is 10.5 Å². The minimum absolute atomic E-state index is 0.0699. The van der Waals surface area contributed by atoms with Crippen molar-refractivity contribution in [3.05, 3.63) is 29.3 Å². The van der Waals surface area contributed by atoms with Crippen molar-refractivity contribution in [2.45, 2.75) is 25.8 Å². The van der Waals surface area contributed by atoms with E-state index in [1.165, 1.54) is 0 Å². The second-order valence-corrected chi connectivity index (χ2v) is 5.83. The first-order valence-electron chi connectivity index (χ1n) is 7.79. The number of ether oxygens (including phenoxy) is 1. The van der Waals surface area contributed by atoms with E-state index in [1.807, 2.05) is 12.1 Å². The van der Waals surface area contributed by atoms with Crippen molar-refractivity contribution in [2.24, 2.45) is 0 Å². The summed E-state index contributed by atoms with van der Waals surface area (Å²) in [6.07, 6.45) is 1.20. The normalized spacial score (nSPS) is 15.1. The summed E-state index contributed by atoms with van der Waals surface area (Å²) in [7, 11) is 0. The van der Waals surface area contributed by atoms with Crippen molar-refractivity contribution < 1.29 is 14.3 Å². The summed E-state index contributed by atoms with van der Waals surface area (Å²) in [5, 5.41) is 6.65. The molecule has 0 aliphatic carbocycles. The van der Waals surface area contributed by atoms with Crippen molar-refractivity contribution in [2.75, 3.05) is 31.6 Å². The van der Waals surface area contributed by atoms with Gasteiger partial charge in [-0.25, -0.2) is 4.79 Å². The van der Waals surface area contributed by atoms with Gasteiger partial charge in [0.25, 0.3) is 0 Å². The monoisotopic (exact) mass is 339 g/mol.